The summed E-state index contributed by atoms with van der Waals surface area (Å²) in [4.78, 5) is 11.9. The average Bonchev–Trinajstić information content (AvgIpc) is 2.63. The molecule has 4 aromatic carbocycles. The van der Waals surface area contributed by atoms with Crippen molar-refractivity contribution in [2.75, 3.05) is 14.1 Å². The van der Waals surface area contributed by atoms with E-state index in [9.17, 15) is 4.79 Å². The van der Waals surface area contributed by atoms with Crippen molar-refractivity contribution in [3.8, 4) is 0 Å². The van der Waals surface area contributed by atoms with Crippen LogP contribution in [0, 0.1) is 0 Å². The van der Waals surface area contributed by atoms with Crippen molar-refractivity contribution in [1.82, 2.24) is 15.4 Å². The lowest BCUT2D eigenvalue weighted by atomic mass is 9.92. The van der Waals surface area contributed by atoms with Crippen LogP contribution in [-0.4, -0.2) is 36.0 Å². The topological polar surface area (TPSA) is 50.0 Å². The fraction of sp³-hybridized carbons (Fsp3) is 0.100. The van der Waals surface area contributed by atoms with Gasteiger partial charge >= 0.3 is 6.03 Å². The Morgan fingerprint density at radius 3 is 2.12 bits per heavy atom. The average molecular weight is 327 g/mol. The van der Waals surface area contributed by atoms with E-state index in [1.54, 1.807) is 14.1 Å². The second-order valence-electron chi connectivity index (χ2n) is 6.32. The Balaban J connectivity index is 1.86. The predicted molar refractivity (Wildman–Crippen MR) is 99.7 cm³/mol. The molecule has 4 aromatic rings. The molecule has 25 heavy (non-hydrogen) atoms. The number of benzene rings is 4. The van der Waals surface area contributed by atoms with Crippen LogP contribution in [0.25, 0.3) is 32.3 Å². The molecule has 0 N–H and O–H groups in total. The van der Waals surface area contributed by atoms with Crippen molar-refractivity contribution < 1.29 is 4.79 Å². The van der Waals surface area contributed by atoms with Crippen molar-refractivity contribution in [2.24, 2.45) is 5.10 Å². The first-order valence-electron chi connectivity index (χ1n) is 8.12. The van der Waals surface area contributed by atoms with Crippen LogP contribution in [0.2, 0.25) is 0 Å². The summed E-state index contributed by atoms with van der Waals surface area (Å²) in [6, 6.07) is 18.8. The van der Waals surface area contributed by atoms with Gasteiger partial charge in [-0.1, -0.05) is 48.5 Å². The van der Waals surface area contributed by atoms with Gasteiger partial charge in [0, 0.05) is 19.7 Å². The molecule has 1 radical (unpaired) electrons. The highest BCUT2D eigenvalue weighted by Gasteiger charge is 2.25. The Bertz CT molecular complexity index is 1160. The van der Waals surface area contributed by atoms with Crippen LogP contribution < -0.4 is 5.43 Å². The lowest BCUT2D eigenvalue weighted by Crippen LogP contribution is -2.48. The molecule has 0 unspecified atom stereocenters. The monoisotopic (exact) mass is 327 g/mol. The molecule has 1 aliphatic heterocycles. The summed E-state index contributed by atoms with van der Waals surface area (Å²) in [5, 5.41) is 14.2. The summed E-state index contributed by atoms with van der Waals surface area (Å²) in [5.41, 5.74) is 5.29. The van der Waals surface area contributed by atoms with Gasteiger partial charge in [-0.15, -0.1) is 10.5 Å². The fourth-order valence-corrected chi connectivity index (χ4v) is 3.64. The molecule has 0 atom stereocenters. The third kappa shape index (κ3) is 1.89. The number of carbonyl (C=O) groups is 1. The highest BCUT2D eigenvalue weighted by molar-refractivity contribution is 6.26. The van der Waals surface area contributed by atoms with Gasteiger partial charge in [-0.05, 0) is 38.4 Å². The first kappa shape index (κ1) is 14.0. The number of amides is 2. The van der Waals surface area contributed by atoms with E-state index in [0.717, 1.165) is 10.9 Å². The van der Waals surface area contributed by atoms with E-state index in [1.807, 2.05) is 6.07 Å². The second kappa shape index (κ2) is 4.83. The fourth-order valence-electron chi connectivity index (χ4n) is 3.64. The molecular formula is C20H15N4O. The number of amidine groups is 1. The van der Waals surface area contributed by atoms with Crippen molar-refractivity contribution in [1.29, 1.82) is 0 Å². The minimum atomic E-state index is -0.249. The normalized spacial score (nSPS) is 15.3. The van der Waals surface area contributed by atoms with Crippen molar-refractivity contribution in [2.45, 2.75) is 0 Å². The van der Waals surface area contributed by atoms with Crippen LogP contribution in [0.15, 0.2) is 59.7 Å². The van der Waals surface area contributed by atoms with Crippen LogP contribution in [0.5, 0.6) is 0 Å². The molecule has 0 saturated heterocycles. The van der Waals surface area contributed by atoms with Gasteiger partial charge in [-0.25, -0.2) is 14.8 Å². The molecule has 1 aliphatic rings. The molecule has 0 aliphatic carbocycles. The molecule has 5 heteroatoms. The maximum Gasteiger partial charge on any atom is 0.360 e. The van der Waals surface area contributed by atoms with Gasteiger partial charge in [0.2, 0.25) is 0 Å². The van der Waals surface area contributed by atoms with E-state index in [4.69, 9.17) is 0 Å². The van der Waals surface area contributed by atoms with Crippen molar-refractivity contribution >= 4 is 44.2 Å². The van der Waals surface area contributed by atoms with Crippen LogP contribution in [-0.2, 0) is 0 Å². The molecule has 0 bridgehead atoms. The van der Waals surface area contributed by atoms with Crippen molar-refractivity contribution in [3.05, 3.63) is 60.2 Å². The molecule has 1 heterocycles. The van der Waals surface area contributed by atoms with Gasteiger partial charge < -0.3 is 0 Å². The zero-order chi connectivity index (χ0) is 17.1. The SMILES string of the molecule is CN1[N]C(c2ccc3ccc4cccc5ccc2c3c45)=NN(C)C1=O. The molecule has 121 valence electrons. The first-order valence-corrected chi connectivity index (χ1v) is 8.12. The first-order chi connectivity index (χ1) is 12.1. The van der Waals surface area contributed by atoms with Crippen LogP contribution in [0.3, 0.4) is 0 Å². The standard InChI is InChI=1S/C20H15N4O/c1-23-20(25)24(2)22-19(21-23)16-11-9-14-7-6-12-4-3-5-13-8-10-15(16)18(14)17(12)13/h3-11H,1-2H3. The van der Waals surface area contributed by atoms with Gasteiger partial charge in [-0.3, -0.25) is 0 Å². The Morgan fingerprint density at radius 2 is 1.40 bits per heavy atom. The quantitative estimate of drug-likeness (QED) is 0.491. The maximum atomic E-state index is 11.9. The number of hydrazone groups is 1. The zero-order valence-corrected chi connectivity index (χ0v) is 13.9. The third-order valence-electron chi connectivity index (χ3n) is 4.81. The molecule has 0 aromatic heterocycles. The Labute approximate surface area is 144 Å². The zero-order valence-electron chi connectivity index (χ0n) is 13.9. The van der Waals surface area contributed by atoms with Crippen LogP contribution in [0.1, 0.15) is 5.56 Å². The van der Waals surface area contributed by atoms with E-state index in [-0.39, 0.29) is 6.03 Å². The minimum Gasteiger partial charge on any atom is -0.244 e. The summed E-state index contributed by atoms with van der Waals surface area (Å²) in [6.07, 6.45) is 0. The molecule has 0 saturated carbocycles. The van der Waals surface area contributed by atoms with E-state index in [2.05, 4.69) is 59.1 Å². The smallest absolute Gasteiger partial charge is 0.244 e. The lowest BCUT2D eigenvalue weighted by Gasteiger charge is -2.27. The van der Waals surface area contributed by atoms with Gasteiger partial charge in [0.05, 0.1) is 0 Å². The van der Waals surface area contributed by atoms with Crippen LogP contribution >= 0.6 is 0 Å². The molecule has 2 amide bonds. The molecule has 5 rings (SSSR count). The Hall–Kier alpha value is -3.34. The summed E-state index contributed by atoms with van der Waals surface area (Å²) in [6.45, 7) is 0. The minimum absolute atomic E-state index is 0.249. The third-order valence-corrected chi connectivity index (χ3v) is 4.81. The molecular weight excluding hydrogens is 312 g/mol. The van der Waals surface area contributed by atoms with E-state index < -0.39 is 0 Å². The number of rotatable bonds is 1. The predicted octanol–water partition coefficient (Wildman–Crippen LogP) is 3.76. The van der Waals surface area contributed by atoms with E-state index in [0.29, 0.717) is 5.84 Å². The van der Waals surface area contributed by atoms with Gasteiger partial charge in [0.1, 0.15) is 0 Å². The van der Waals surface area contributed by atoms with Crippen molar-refractivity contribution in [3.63, 3.8) is 0 Å². The largest absolute Gasteiger partial charge is 0.360 e. The Kier molecular flexibility index (Phi) is 2.71. The highest BCUT2D eigenvalue weighted by atomic mass is 16.2. The lowest BCUT2D eigenvalue weighted by molar-refractivity contribution is 0.155. The number of urea groups is 1. The molecule has 5 nitrogen and oxygen atoms in total. The summed E-state index contributed by atoms with van der Waals surface area (Å²) in [7, 11) is 3.28. The number of hydrogen-bond donors (Lipinski definition) is 0. The summed E-state index contributed by atoms with van der Waals surface area (Å²) in [5.74, 6) is 0.544. The van der Waals surface area contributed by atoms with Gasteiger partial charge in [0.15, 0.2) is 5.84 Å². The second-order valence-corrected chi connectivity index (χ2v) is 6.32. The van der Waals surface area contributed by atoms with Gasteiger partial charge in [-0.2, -0.15) is 0 Å². The van der Waals surface area contributed by atoms with E-state index >= 15 is 0 Å². The van der Waals surface area contributed by atoms with E-state index in [1.165, 1.54) is 36.9 Å². The Morgan fingerprint density at radius 1 is 0.760 bits per heavy atom. The molecule has 0 spiro atoms. The highest BCUT2D eigenvalue weighted by Crippen LogP contribution is 2.36. The van der Waals surface area contributed by atoms with Gasteiger partial charge in [0.25, 0.3) is 0 Å². The van der Waals surface area contributed by atoms with Crippen LogP contribution in [0.4, 0.5) is 4.79 Å². The maximum absolute atomic E-state index is 11.9. The molecule has 0 fully saturated rings. The summed E-state index contributed by atoms with van der Waals surface area (Å²) >= 11 is 0. The number of hydrogen-bond acceptors (Lipinski definition) is 2. The number of carbonyl (C=O) groups excluding carboxylic acids is 1. The summed E-state index contributed by atoms with van der Waals surface area (Å²) < 4.78 is 0. The number of nitrogens with zero attached hydrogens (tertiary/aromatic N) is 4.